The fourth-order valence-electron chi connectivity index (χ4n) is 2.34. The van der Waals surface area contributed by atoms with Gasteiger partial charge >= 0.3 is 0 Å². The summed E-state index contributed by atoms with van der Waals surface area (Å²) in [6.45, 7) is 0.645. The molecule has 0 bridgehead atoms. The molecule has 1 aromatic carbocycles. The molecule has 8 heteroatoms. The first kappa shape index (κ1) is 16.1. The number of ether oxygens (including phenoxy) is 1. The monoisotopic (exact) mass is 340 g/mol. The molecule has 0 saturated heterocycles. The van der Waals surface area contributed by atoms with Gasteiger partial charge in [-0.05, 0) is 24.0 Å². The van der Waals surface area contributed by atoms with Crippen molar-refractivity contribution in [2.75, 3.05) is 25.3 Å². The summed E-state index contributed by atoms with van der Waals surface area (Å²) in [5.74, 6) is 1.46. The van der Waals surface area contributed by atoms with Crippen LogP contribution in [0.1, 0.15) is 11.1 Å². The van der Waals surface area contributed by atoms with E-state index in [0.29, 0.717) is 28.9 Å². The third-order valence-electron chi connectivity index (χ3n) is 3.55. The Kier molecular flexibility index (Phi) is 4.53. The lowest BCUT2D eigenvalue weighted by atomic mass is 10.2. The highest BCUT2D eigenvalue weighted by atomic mass is 32.2. The number of thioether (sulfide) groups is 1. The smallest absolute Gasteiger partial charge is 0.231 e. The van der Waals surface area contributed by atoms with Gasteiger partial charge in [-0.1, -0.05) is 23.9 Å². The molecule has 122 valence electrons. The fourth-order valence-corrected chi connectivity index (χ4v) is 2.69. The number of fused-ring (bicyclic) bond motifs is 1. The molecule has 0 fully saturated rings. The highest BCUT2D eigenvalue weighted by molar-refractivity contribution is 7.98. The van der Waals surface area contributed by atoms with Crippen LogP contribution in [0.2, 0.25) is 0 Å². The molecular formula is C16H16N6OS. The highest BCUT2D eigenvalue weighted by Gasteiger charge is 2.16. The van der Waals surface area contributed by atoms with E-state index in [-0.39, 0.29) is 0 Å². The minimum absolute atomic E-state index is 0.437. The van der Waals surface area contributed by atoms with Gasteiger partial charge < -0.3 is 9.64 Å². The maximum Gasteiger partial charge on any atom is 0.231 e. The Labute approximate surface area is 143 Å². The summed E-state index contributed by atoms with van der Waals surface area (Å²) in [4.78, 5) is 10.9. The third kappa shape index (κ3) is 2.98. The van der Waals surface area contributed by atoms with Crippen molar-refractivity contribution in [2.24, 2.45) is 0 Å². The molecule has 0 radical (unpaired) electrons. The standard InChI is InChI=1S/C16H16N6OS/c1-21(10-11-4-6-13(23-2)7-5-11)16-20-15(24-3)19-14-12(8-17)9-18-22(14)16/h4-7,9H,10H2,1-3H3. The van der Waals surface area contributed by atoms with E-state index in [1.165, 1.54) is 18.0 Å². The quantitative estimate of drug-likeness (QED) is 0.660. The number of benzene rings is 1. The molecule has 0 atom stereocenters. The molecule has 7 nitrogen and oxygen atoms in total. The lowest BCUT2D eigenvalue weighted by Crippen LogP contribution is -2.22. The van der Waals surface area contributed by atoms with Crippen molar-refractivity contribution in [2.45, 2.75) is 11.7 Å². The van der Waals surface area contributed by atoms with Crippen LogP contribution in [-0.4, -0.2) is 40.0 Å². The molecule has 3 rings (SSSR count). The van der Waals surface area contributed by atoms with E-state index in [0.717, 1.165) is 11.3 Å². The van der Waals surface area contributed by atoms with Gasteiger partial charge in [0.1, 0.15) is 17.4 Å². The summed E-state index contributed by atoms with van der Waals surface area (Å²) in [5.41, 5.74) is 2.07. The molecule has 0 aliphatic carbocycles. The number of nitrogens with zero attached hydrogens (tertiary/aromatic N) is 6. The zero-order chi connectivity index (χ0) is 17.1. The molecule has 24 heavy (non-hydrogen) atoms. The largest absolute Gasteiger partial charge is 0.497 e. The Morgan fingerprint density at radius 1 is 1.29 bits per heavy atom. The maximum atomic E-state index is 9.21. The Morgan fingerprint density at radius 3 is 2.67 bits per heavy atom. The second kappa shape index (κ2) is 6.76. The molecule has 0 amide bonds. The average Bonchev–Trinajstić information content (AvgIpc) is 3.04. The van der Waals surface area contributed by atoms with Crippen LogP contribution in [0.25, 0.3) is 5.65 Å². The van der Waals surface area contributed by atoms with E-state index in [9.17, 15) is 5.26 Å². The van der Waals surface area contributed by atoms with Gasteiger partial charge in [-0.25, -0.2) is 4.98 Å². The minimum Gasteiger partial charge on any atom is -0.497 e. The van der Waals surface area contributed by atoms with E-state index in [2.05, 4.69) is 21.1 Å². The molecule has 0 unspecified atom stereocenters. The van der Waals surface area contributed by atoms with Crippen LogP contribution in [0.5, 0.6) is 5.75 Å². The number of methoxy groups -OCH3 is 1. The number of nitriles is 1. The first-order valence-electron chi connectivity index (χ1n) is 7.20. The second-order valence-corrected chi connectivity index (χ2v) is 5.89. The van der Waals surface area contributed by atoms with Crippen molar-refractivity contribution in [3.05, 3.63) is 41.6 Å². The van der Waals surface area contributed by atoms with Gasteiger partial charge in [-0.3, -0.25) is 0 Å². The Morgan fingerprint density at radius 2 is 2.04 bits per heavy atom. The first-order valence-corrected chi connectivity index (χ1v) is 8.42. The topological polar surface area (TPSA) is 79.3 Å². The van der Waals surface area contributed by atoms with Gasteiger partial charge in [0.25, 0.3) is 0 Å². The van der Waals surface area contributed by atoms with E-state index in [1.807, 2.05) is 42.5 Å². The summed E-state index contributed by atoms with van der Waals surface area (Å²) < 4.78 is 6.78. The predicted molar refractivity (Wildman–Crippen MR) is 92.4 cm³/mol. The van der Waals surface area contributed by atoms with Crippen LogP contribution < -0.4 is 9.64 Å². The SMILES string of the molecule is COc1ccc(CN(C)c2nc(SC)nc3c(C#N)cnn23)cc1. The summed E-state index contributed by atoms with van der Waals surface area (Å²) in [6.07, 6.45) is 3.42. The highest BCUT2D eigenvalue weighted by Crippen LogP contribution is 2.21. The number of rotatable bonds is 5. The molecular weight excluding hydrogens is 324 g/mol. The number of hydrogen-bond acceptors (Lipinski definition) is 7. The number of hydrogen-bond donors (Lipinski definition) is 0. The maximum absolute atomic E-state index is 9.21. The van der Waals surface area contributed by atoms with Crippen molar-refractivity contribution in [3.8, 4) is 11.8 Å². The number of aromatic nitrogens is 4. The molecule has 0 aliphatic rings. The Bertz CT molecular complexity index is 899. The van der Waals surface area contributed by atoms with Crippen molar-refractivity contribution >= 4 is 23.4 Å². The summed E-state index contributed by atoms with van der Waals surface area (Å²) in [5, 5.41) is 14.1. The van der Waals surface area contributed by atoms with Crippen LogP contribution in [0.3, 0.4) is 0 Å². The van der Waals surface area contributed by atoms with Crippen LogP contribution in [0, 0.1) is 11.3 Å². The van der Waals surface area contributed by atoms with Gasteiger partial charge in [0.2, 0.25) is 5.95 Å². The lowest BCUT2D eigenvalue weighted by Gasteiger charge is -2.19. The van der Waals surface area contributed by atoms with Gasteiger partial charge in [0, 0.05) is 13.6 Å². The minimum atomic E-state index is 0.437. The van der Waals surface area contributed by atoms with Crippen LogP contribution >= 0.6 is 11.8 Å². The Hall–Kier alpha value is -2.79. The fraction of sp³-hybridized carbons (Fsp3) is 0.250. The Balaban J connectivity index is 1.97. The first-order chi connectivity index (χ1) is 11.7. The van der Waals surface area contributed by atoms with E-state index in [1.54, 1.807) is 11.6 Å². The van der Waals surface area contributed by atoms with Gasteiger partial charge in [-0.15, -0.1) is 0 Å². The molecule has 0 spiro atoms. The van der Waals surface area contributed by atoms with Crippen molar-refractivity contribution in [1.29, 1.82) is 5.26 Å². The normalized spacial score (nSPS) is 10.6. The molecule has 0 aliphatic heterocycles. The van der Waals surface area contributed by atoms with E-state index in [4.69, 9.17) is 4.74 Å². The van der Waals surface area contributed by atoms with Crippen LogP contribution in [-0.2, 0) is 6.54 Å². The third-order valence-corrected chi connectivity index (χ3v) is 4.10. The summed E-state index contributed by atoms with van der Waals surface area (Å²) in [6, 6.07) is 9.98. The van der Waals surface area contributed by atoms with Gasteiger partial charge in [0.15, 0.2) is 10.8 Å². The van der Waals surface area contributed by atoms with Crippen molar-refractivity contribution in [3.63, 3.8) is 0 Å². The molecule has 2 aromatic heterocycles. The van der Waals surface area contributed by atoms with E-state index >= 15 is 0 Å². The number of anilines is 1. The van der Waals surface area contributed by atoms with Gasteiger partial charge in [0.05, 0.1) is 13.3 Å². The second-order valence-electron chi connectivity index (χ2n) is 5.12. The summed E-state index contributed by atoms with van der Waals surface area (Å²) >= 11 is 1.43. The van der Waals surface area contributed by atoms with Crippen LogP contribution in [0.15, 0.2) is 35.6 Å². The van der Waals surface area contributed by atoms with E-state index < -0.39 is 0 Å². The predicted octanol–water partition coefficient (Wildman–Crippen LogP) is 2.36. The summed E-state index contributed by atoms with van der Waals surface area (Å²) in [7, 11) is 3.58. The zero-order valence-electron chi connectivity index (χ0n) is 13.6. The lowest BCUT2D eigenvalue weighted by molar-refractivity contribution is 0.414. The average molecular weight is 340 g/mol. The van der Waals surface area contributed by atoms with Crippen molar-refractivity contribution < 1.29 is 4.74 Å². The molecule has 3 aromatic rings. The zero-order valence-corrected chi connectivity index (χ0v) is 14.4. The van der Waals surface area contributed by atoms with Crippen LogP contribution in [0.4, 0.5) is 5.95 Å². The van der Waals surface area contributed by atoms with Gasteiger partial charge in [-0.2, -0.15) is 19.9 Å². The molecule has 0 saturated carbocycles. The molecule has 0 N–H and O–H groups in total. The molecule has 2 heterocycles. The van der Waals surface area contributed by atoms with Crippen molar-refractivity contribution in [1.82, 2.24) is 19.6 Å².